The van der Waals surface area contributed by atoms with Crippen molar-refractivity contribution in [3.05, 3.63) is 65.3 Å². The second-order valence-corrected chi connectivity index (χ2v) is 7.95. The number of halogens is 1. The lowest BCUT2D eigenvalue weighted by molar-refractivity contribution is 0.213. The standard InChI is InChI=1S/C20H19ClN4OS/c1-13-7-8-16-18(11-13)27-19(22-16)23-20(26)24-9-10-25(14(2)12-24)17-6-4-3-5-15(17)21/h3-8,11H,2,9-10,12H2,1H3,(H,22,23,26). The van der Waals surface area contributed by atoms with E-state index in [1.165, 1.54) is 16.9 Å². The molecular formula is C20H19ClN4OS. The predicted molar refractivity (Wildman–Crippen MR) is 113 cm³/mol. The van der Waals surface area contributed by atoms with Crippen LogP contribution >= 0.6 is 22.9 Å². The van der Waals surface area contributed by atoms with Gasteiger partial charge in [0.1, 0.15) is 0 Å². The van der Waals surface area contributed by atoms with Crippen molar-refractivity contribution in [2.24, 2.45) is 0 Å². The molecule has 4 rings (SSSR count). The van der Waals surface area contributed by atoms with Gasteiger partial charge in [-0.1, -0.05) is 47.7 Å². The van der Waals surface area contributed by atoms with E-state index in [2.05, 4.69) is 27.8 Å². The van der Waals surface area contributed by atoms with E-state index in [4.69, 9.17) is 11.6 Å². The van der Waals surface area contributed by atoms with Gasteiger partial charge in [0.05, 0.1) is 27.5 Å². The highest BCUT2D eigenvalue weighted by Crippen LogP contribution is 2.30. The van der Waals surface area contributed by atoms with Gasteiger partial charge in [-0.05, 0) is 36.8 Å². The summed E-state index contributed by atoms with van der Waals surface area (Å²) in [6.45, 7) is 7.85. The largest absolute Gasteiger partial charge is 0.341 e. The van der Waals surface area contributed by atoms with Gasteiger partial charge in [-0.2, -0.15) is 0 Å². The van der Waals surface area contributed by atoms with Gasteiger partial charge in [0.25, 0.3) is 0 Å². The fourth-order valence-electron chi connectivity index (χ4n) is 3.15. The van der Waals surface area contributed by atoms with Crippen LogP contribution in [0.15, 0.2) is 54.7 Å². The highest BCUT2D eigenvalue weighted by atomic mass is 35.5. The minimum atomic E-state index is -0.161. The van der Waals surface area contributed by atoms with Crippen molar-refractivity contribution in [2.75, 3.05) is 29.9 Å². The lowest BCUT2D eigenvalue weighted by Crippen LogP contribution is -2.48. The Morgan fingerprint density at radius 2 is 2.07 bits per heavy atom. The second kappa shape index (κ2) is 7.21. The number of fused-ring (bicyclic) bond motifs is 1. The third-order valence-electron chi connectivity index (χ3n) is 4.54. The molecule has 0 atom stereocenters. The topological polar surface area (TPSA) is 48.5 Å². The van der Waals surface area contributed by atoms with Crippen LogP contribution in [0.2, 0.25) is 5.02 Å². The molecule has 2 aromatic carbocycles. The van der Waals surface area contributed by atoms with Crippen LogP contribution in [-0.4, -0.2) is 35.5 Å². The molecule has 0 bridgehead atoms. The Morgan fingerprint density at radius 3 is 2.85 bits per heavy atom. The smallest absolute Gasteiger partial charge is 0.324 e. The number of urea groups is 1. The van der Waals surface area contributed by atoms with Crippen molar-refractivity contribution in [1.82, 2.24) is 9.88 Å². The summed E-state index contributed by atoms with van der Waals surface area (Å²) >= 11 is 7.78. The molecule has 0 spiro atoms. The zero-order valence-corrected chi connectivity index (χ0v) is 16.5. The molecule has 1 fully saturated rings. The average molecular weight is 399 g/mol. The summed E-state index contributed by atoms with van der Waals surface area (Å²) < 4.78 is 1.07. The molecule has 1 N–H and O–H groups in total. The molecule has 0 saturated carbocycles. The first-order chi connectivity index (χ1) is 13.0. The molecule has 138 valence electrons. The summed E-state index contributed by atoms with van der Waals surface area (Å²) in [6.07, 6.45) is 0. The summed E-state index contributed by atoms with van der Waals surface area (Å²) in [5.41, 5.74) is 3.83. The molecule has 5 nitrogen and oxygen atoms in total. The molecule has 27 heavy (non-hydrogen) atoms. The first kappa shape index (κ1) is 17.8. The van der Waals surface area contributed by atoms with Gasteiger partial charge in [0.2, 0.25) is 0 Å². The lowest BCUT2D eigenvalue weighted by Gasteiger charge is -2.37. The maximum Gasteiger partial charge on any atom is 0.324 e. The number of nitrogens with one attached hydrogen (secondary N) is 1. The minimum Gasteiger partial charge on any atom is -0.341 e. The molecule has 1 aliphatic heterocycles. The number of benzene rings is 2. The maximum absolute atomic E-state index is 12.7. The fourth-order valence-corrected chi connectivity index (χ4v) is 4.35. The molecule has 7 heteroatoms. The van der Waals surface area contributed by atoms with Gasteiger partial charge in [-0.15, -0.1) is 0 Å². The number of hydrogen-bond donors (Lipinski definition) is 1. The van der Waals surface area contributed by atoms with Gasteiger partial charge in [-0.3, -0.25) is 5.32 Å². The number of carbonyl (C=O) groups is 1. The van der Waals surface area contributed by atoms with Crippen LogP contribution in [-0.2, 0) is 0 Å². The Labute approximate surface area is 166 Å². The third-order valence-corrected chi connectivity index (χ3v) is 5.79. The zero-order valence-electron chi connectivity index (χ0n) is 14.9. The molecular weight excluding hydrogens is 380 g/mol. The Hall–Kier alpha value is -2.57. The van der Waals surface area contributed by atoms with Gasteiger partial charge in [-0.25, -0.2) is 9.78 Å². The third kappa shape index (κ3) is 3.63. The first-order valence-electron chi connectivity index (χ1n) is 8.64. The summed E-state index contributed by atoms with van der Waals surface area (Å²) in [5.74, 6) is 0. The predicted octanol–water partition coefficient (Wildman–Crippen LogP) is 5.13. The second-order valence-electron chi connectivity index (χ2n) is 6.51. The molecule has 1 aliphatic rings. The first-order valence-corrected chi connectivity index (χ1v) is 9.84. The summed E-state index contributed by atoms with van der Waals surface area (Å²) in [6, 6.07) is 13.6. The van der Waals surface area contributed by atoms with E-state index in [1.807, 2.05) is 43.3 Å². The fraction of sp³-hybridized carbons (Fsp3) is 0.200. The number of amides is 2. The molecule has 2 heterocycles. The van der Waals surface area contributed by atoms with Gasteiger partial charge < -0.3 is 9.80 Å². The number of piperazine rings is 1. The number of aromatic nitrogens is 1. The van der Waals surface area contributed by atoms with E-state index in [1.54, 1.807) is 4.90 Å². The number of para-hydroxylation sites is 1. The highest BCUT2D eigenvalue weighted by molar-refractivity contribution is 7.22. The van der Waals surface area contributed by atoms with E-state index in [9.17, 15) is 4.79 Å². The van der Waals surface area contributed by atoms with Crippen molar-refractivity contribution in [2.45, 2.75) is 6.92 Å². The molecule has 1 saturated heterocycles. The number of aryl methyl sites for hydroxylation is 1. The van der Waals surface area contributed by atoms with Crippen molar-refractivity contribution in [3.8, 4) is 0 Å². The molecule has 3 aromatic rings. The van der Waals surface area contributed by atoms with Crippen LogP contribution in [0.4, 0.5) is 15.6 Å². The monoisotopic (exact) mass is 398 g/mol. The van der Waals surface area contributed by atoms with E-state index in [-0.39, 0.29) is 6.03 Å². The van der Waals surface area contributed by atoms with Crippen molar-refractivity contribution in [3.63, 3.8) is 0 Å². The Bertz CT molecular complexity index is 1030. The maximum atomic E-state index is 12.7. The van der Waals surface area contributed by atoms with Crippen LogP contribution in [0.5, 0.6) is 0 Å². The molecule has 1 aromatic heterocycles. The quantitative estimate of drug-likeness (QED) is 0.651. The number of rotatable bonds is 2. The van der Waals surface area contributed by atoms with Crippen LogP contribution in [0.25, 0.3) is 10.2 Å². The molecule has 0 aliphatic carbocycles. The summed E-state index contributed by atoms with van der Waals surface area (Å²) in [5, 5.41) is 4.21. The van der Waals surface area contributed by atoms with Crippen LogP contribution < -0.4 is 10.2 Å². The van der Waals surface area contributed by atoms with Crippen LogP contribution in [0.3, 0.4) is 0 Å². The minimum absolute atomic E-state index is 0.161. The van der Waals surface area contributed by atoms with Crippen LogP contribution in [0.1, 0.15) is 5.56 Å². The highest BCUT2D eigenvalue weighted by Gasteiger charge is 2.25. The Balaban J connectivity index is 1.44. The number of hydrogen-bond acceptors (Lipinski definition) is 4. The lowest BCUT2D eigenvalue weighted by atomic mass is 10.2. The van der Waals surface area contributed by atoms with E-state index in [0.29, 0.717) is 29.8 Å². The Morgan fingerprint density at radius 1 is 1.26 bits per heavy atom. The average Bonchev–Trinajstić information content (AvgIpc) is 3.03. The van der Waals surface area contributed by atoms with E-state index < -0.39 is 0 Å². The zero-order chi connectivity index (χ0) is 19.0. The van der Waals surface area contributed by atoms with Crippen LogP contribution in [0, 0.1) is 6.92 Å². The molecule has 2 amide bonds. The van der Waals surface area contributed by atoms with Gasteiger partial charge in [0, 0.05) is 18.8 Å². The van der Waals surface area contributed by atoms with Gasteiger partial charge >= 0.3 is 6.03 Å². The SMILES string of the molecule is C=C1CN(C(=O)Nc2nc3ccc(C)cc3s2)CCN1c1ccccc1Cl. The number of carbonyl (C=O) groups excluding carboxylic acids is 1. The summed E-state index contributed by atoms with van der Waals surface area (Å²) in [7, 11) is 0. The number of anilines is 2. The van der Waals surface area contributed by atoms with E-state index >= 15 is 0 Å². The Kier molecular flexibility index (Phi) is 4.76. The van der Waals surface area contributed by atoms with E-state index in [0.717, 1.165) is 21.6 Å². The number of thiazole rings is 1. The normalized spacial score (nSPS) is 14.7. The van der Waals surface area contributed by atoms with Gasteiger partial charge in [0.15, 0.2) is 5.13 Å². The number of nitrogens with zero attached hydrogens (tertiary/aromatic N) is 3. The molecule has 0 unspecified atom stereocenters. The van der Waals surface area contributed by atoms with Crippen molar-refractivity contribution < 1.29 is 4.79 Å². The molecule has 0 radical (unpaired) electrons. The van der Waals surface area contributed by atoms with Crippen molar-refractivity contribution >= 4 is 50.0 Å². The van der Waals surface area contributed by atoms with Crippen molar-refractivity contribution in [1.29, 1.82) is 0 Å². The summed E-state index contributed by atoms with van der Waals surface area (Å²) in [4.78, 5) is 21.0.